The molecule has 0 saturated carbocycles. The van der Waals surface area contributed by atoms with E-state index in [1.165, 1.54) is 5.57 Å². The van der Waals surface area contributed by atoms with Gasteiger partial charge in [-0.05, 0) is 23.0 Å². The van der Waals surface area contributed by atoms with Crippen LogP contribution in [0.3, 0.4) is 0 Å². The first-order valence-corrected chi connectivity index (χ1v) is 8.97. The first-order chi connectivity index (χ1) is 8.88. The van der Waals surface area contributed by atoms with E-state index in [1.807, 2.05) is 11.0 Å². The van der Waals surface area contributed by atoms with Gasteiger partial charge in [-0.25, -0.2) is 0 Å². The van der Waals surface area contributed by atoms with Gasteiger partial charge < -0.3 is 14.5 Å². The van der Waals surface area contributed by atoms with Gasteiger partial charge >= 0.3 is 5.91 Å². The van der Waals surface area contributed by atoms with Crippen LogP contribution in [0.1, 0.15) is 27.2 Å². The van der Waals surface area contributed by atoms with E-state index < -0.39 is 0 Å². The highest BCUT2D eigenvalue weighted by Crippen LogP contribution is 2.35. The standard InChI is InChI=1S/C12H23BIO3PS/c1-7(6-14)12-9(3)11(15)8(2)10(17-12)4-5-16-13(18)19/h6,8-12,15,19H,4-5,18H2,1-3H3/b7-6+/t8-,9+,10+,11+,12-/m0/s1. The van der Waals surface area contributed by atoms with E-state index in [2.05, 4.69) is 58.0 Å². The van der Waals surface area contributed by atoms with E-state index in [9.17, 15) is 5.11 Å². The third-order valence-corrected chi connectivity index (χ3v) is 5.10. The molecule has 7 heteroatoms. The number of thiol groups is 1. The Balaban J connectivity index is 2.65. The molecule has 110 valence electrons. The van der Waals surface area contributed by atoms with Crippen LogP contribution in [0.25, 0.3) is 0 Å². The minimum Gasteiger partial charge on any atom is -0.422 e. The van der Waals surface area contributed by atoms with Crippen molar-refractivity contribution >= 4 is 50.1 Å². The van der Waals surface area contributed by atoms with Gasteiger partial charge in [-0.1, -0.05) is 36.4 Å². The van der Waals surface area contributed by atoms with Gasteiger partial charge in [0.25, 0.3) is 0 Å². The molecule has 1 aliphatic rings. The van der Waals surface area contributed by atoms with Gasteiger partial charge in [0, 0.05) is 18.4 Å². The summed E-state index contributed by atoms with van der Waals surface area (Å²) >= 11 is 6.38. The Bertz CT molecular complexity index is 319. The second kappa shape index (κ2) is 8.59. The summed E-state index contributed by atoms with van der Waals surface area (Å²) in [7, 11) is 2.49. The number of hydrogen-bond acceptors (Lipinski definition) is 4. The van der Waals surface area contributed by atoms with Crippen LogP contribution in [0.4, 0.5) is 0 Å². The van der Waals surface area contributed by atoms with Crippen LogP contribution in [-0.4, -0.2) is 35.9 Å². The fourth-order valence-corrected chi connectivity index (χ4v) is 3.13. The van der Waals surface area contributed by atoms with Crippen LogP contribution >= 0.6 is 44.2 Å². The maximum Gasteiger partial charge on any atom is 0.380 e. The van der Waals surface area contributed by atoms with Crippen LogP contribution in [0.15, 0.2) is 9.66 Å². The maximum atomic E-state index is 10.4. The number of aliphatic hydroxyl groups excluding tert-OH is 1. The van der Waals surface area contributed by atoms with Crippen molar-refractivity contribution in [2.24, 2.45) is 11.8 Å². The molecule has 1 saturated heterocycles. The second-order valence-electron chi connectivity index (χ2n) is 5.21. The van der Waals surface area contributed by atoms with Crippen LogP contribution in [0.5, 0.6) is 0 Å². The molecule has 1 heterocycles. The molecule has 1 aliphatic heterocycles. The van der Waals surface area contributed by atoms with Gasteiger partial charge in [-0.15, -0.1) is 9.12 Å². The lowest BCUT2D eigenvalue weighted by molar-refractivity contribution is -0.153. The number of ether oxygens (including phenoxy) is 1. The molecule has 1 rings (SSSR count). The van der Waals surface area contributed by atoms with Gasteiger partial charge in [0.1, 0.15) is 0 Å². The Morgan fingerprint density at radius 3 is 2.68 bits per heavy atom. The Morgan fingerprint density at radius 2 is 2.16 bits per heavy atom. The summed E-state index contributed by atoms with van der Waals surface area (Å²) in [6, 6.07) is 0. The quantitative estimate of drug-likeness (QED) is 0.314. The zero-order valence-electron chi connectivity index (χ0n) is 11.6. The average Bonchev–Trinajstić information content (AvgIpc) is 2.37. The summed E-state index contributed by atoms with van der Waals surface area (Å²) in [6.45, 7) is 6.74. The van der Waals surface area contributed by atoms with Crippen molar-refractivity contribution in [2.75, 3.05) is 6.61 Å². The lowest BCUT2D eigenvalue weighted by Gasteiger charge is -2.43. The maximum absolute atomic E-state index is 10.4. The second-order valence-corrected chi connectivity index (χ2v) is 7.51. The van der Waals surface area contributed by atoms with Crippen molar-refractivity contribution in [1.82, 2.24) is 0 Å². The van der Waals surface area contributed by atoms with Gasteiger partial charge in [0.05, 0.1) is 18.3 Å². The lowest BCUT2D eigenvalue weighted by atomic mass is 9.80. The highest BCUT2D eigenvalue weighted by Gasteiger charge is 2.40. The summed E-state index contributed by atoms with van der Waals surface area (Å²) in [5, 5.41) is 10.4. The van der Waals surface area contributed by atoms with E-state index in [1.54, 1.807) is 0 Å². The zero-order valence-corrected chi connectivity index (χ0v) is 15.8. The van der Waals surface area contributed by atoms with Crippen LogP contribution < -0.4 is 0 Å². The van der Waals surface area contributed by atoms with E-state index in [0.717, 1.165) is 6.42 Å². The first kappa shape index (κ1) is 18.2. The summed E-state index contributed by atoms with van der Waals surface area (Å²) in [5.41, 5.74) is 1.17. The fourth-order valence-electron chi connectivity index (χ4n) is 2.53. The molecular formula is C12H23BIO3PS. The molecule has 0 amide bonds. The molecular weight excluding hydrogens is 393 g/mol. The minimum atomic E-state index is -0.335. The number of hydrogen-bond donors (Lipinski definition) is 2. The summed E-state index contributed by atoms with van der Waals surface area (Å²) in [5.74, 6) is 0.104. The molecule has 0 aliphatic carbocycles. The van der Waals surface area contributed by atoms with E-state index in [-0.39, 0.29) is 36.1 Å². The summed E-state index contributed by atoms with van der Waals surface area (Å²) < 4.78 is 13.6. The minimum absolute atomic E-state index is 0.00380. The van der Waals surface area contributed by atoms with Gasteiger partial charge in [-0.2, -0.15) is 12.5 Å². The molecule has 1 fully saturated rings. The molecule has 0 bridgehead atoms. The summed E-state index contributed by atoms with van der Waals surface area (Å²) in [6.07, 6.45) is 0.467. The largest absolute Gasteiger partial charge is 0.422 e. The topological polar surface area (TPSA) is 38.7 Å². The lowest BCUT2D eigenvalue weighted by Crippen LogP contribution is -2.49. The molecule has 0 aromatic heterocycles. The van der Waals surface area contributed by atoms with Gasteiger partial charge in [-0.3, -0.25) is 0 Å². The monoisotopic (exact) mass is 416 g/mol. The van der Waals surface area contributed by atoms with Crippen molar-refractivity contribution < 1.29 is 14.5 Å². The van der Waals surface area contributed by atoms with Gasteiger partial charge in [0.15, 0.2) is 0 Å². The summed E-state index contributed by atoms with van der Waals surface area (Å²) in [4.78, 5) is 0. The Labute approximate surface area is 138 Å². The van der Waals surface area contributed by atoms with Crippen molar-refractivity contribution in [1.29, 1.82) is 0 Å². The van der Waals surface area contributed by atoms with Crippen molar-refractivity contribution in [3.8, 4) is 0 Å². The molecule has 0 aromatic rings. The molecule has 0 radical (unpaired) electrons. The molecule has 0 spiro atoms. The van der Waals surface area contributed by atoms with Crippen molar-refractivity contribution in [2.45, 2.75) is 45.5 Å². The van der Waals surface area contributed by atoms with Gasteiger partial charge in [0.2, 0.25) is 0 Å². The highest BCUT2D eigenvalue weighted by molar-refractivity contribution is 14.1. The Morgan fingerprint density at radius 1 is 1.53 bits per heavy atom. The van der Waals surface area contributed by atoms with E-state index >= 15 is 0 Å². The van der Waals surface area contributed by atoms with Crippen molar-refractivity contribution in [3.05, 3.63) is 9.66 Å². The first-order valence-electron chi connectivity index (χ1n) is 6.54. The van der Waals surface area contributed by atoms with Crippen molar-refractivity contribution in [3.63, 3.8) is 0 Å². The third-order valence-electron chi connectivity index (χ3n) is 3.77. The Kier molecular flexibility index (Phi) is 8.25. The predicted octanol–water partition coefficient (Wildman–Crippen LogP) is 2.92. The number of aliphatic hydroxyl groups is 1. The molecule has 19 heavy (non-hydrogen) atoms. The average molecular weight is 416 g/mol. The smallest absolute Gasteiger partial charge is 0.380 e. The molecule has 6 atom stereocenters. The third kappa shape index (κ3) is 5.15. The van der Waals surface area contributed by atoms with E-state index in [0.29, 0.717) is 6.61 Å². The molecule has 1 unspecified atom stereocenters. The number of halogens is 1. The normalized spacial score (nSPS) is 36.4. The van der Waals surface area contributed by atoms with E-state index in [4.69, 9.17) is 9.39 Å². The molecule has 0 aromatic carbocycles. The van der Waals surface area contributed by atoms with Crippen LogP contribution in [0, 0.1) is 11.8 Å². The predicted molar refractivity (Wildman–Crippen MR) is 95.8 cm³/mol. The SMILES string of the molecule is C/C(=C\I)[C@@H]1O[C@H](CCOB(P)S)[C@H](C)[C@@H](O)[C@H]1C. The Hall–Kier alpha value is 1.19. The zero-order chi connectivity index (χ0) is 14.6. The fraction of sp³-hybridized carbons (Fsp3) is 0.833. The molecule has 1 N–H and O–H groups in total. The van der Waals surface area contributed by atoms with Crippen LogP contribution in [0.2, 0.25) is 0 Å². The number of rotatable bonds is 5. The highest BCUT2D eigenvalue weighted by atomic mass is 127. The van der Waals surface area contributed by atoms with Crippen LogP contribution in [-0.2, 0) is 9.39 Å². The molecule has 3 nitrogen and oxygen atoms in total.